The van der Waals surface area contributed by atoms with Gasteiger partial charge in [-0.1, -0.05) is 11.6 Å². The molecular weight excluding hydrogens is 589 g/mol. The maximum Gasteiger partial charge on any atom is 0.361 e. The van der Waals surface area contributed by atoms with Crippen LogP contribution in [0.2, 0.25) is 5.28 Å². The Balaban J connectivity index is 1.47. The number of aliphatic hydroxyl groups excluding tert-OH is 3. The van der Waals surface area contributed by atoms with E-state index in [-0.39, 0.29) is 23.5 Å². The monoisotopic (exact) mass is 621 g/mol. The Morgan fingerprint density at radius 1 is 1.32 bits per heavy atom. The number of ether oxygens (including phenoxy) is 3. The second kappa shape index (κ2) is 13.3. The van der Waals surface area contributed by atoms with Crippen LogP contribution < -0.4 is 10.3 Å². The molecule has 2 aromatic heterocycles. The molecule has 2 fully saturated rings. The second-order valence-corrected chi connectivity index (χ2v) is 12.0. The van der Waals surface area contributed by atoms with Crippen molar-refractivity contribution in [3.63, 3.8) is 0 Å². The van der Waals surface area contributed by atoms with Gasteiger partial charge in [0, 0.05) is 18.8 Å². The minimum atomic E-state index is -5.16. The maximum atomic E-state index is 12.3. The molecule has 20 heteroatoms. The van der Waals surface area contributed by atoms with Crippen molar-refractivity contribution in [2.45, 2.75) is 62.7 Å². The van der Waals surface area contributed by atoms with Gasteiger partial charge in [0.05, 0.1) is 19.8 Å². The van der Waals surface area contributed by atoms with Crippen LogP contribution in [0.5, 0.6) is 0 Å². The lowest BCUT2D eigenvalue weighted by molar-refractivity contribution is -0.125. The zero-order valence-electron chi connectivity index (χ0n) is 22.1. The Labute approximate surface area is 239 Å². The Kier molecular flexibility index (Phi) is 10.2. The average molecular weight is 622 g/mol. The number of aliphatic hydroxyl groups is 3. The number of H-pyrrole nitrogens is 1. The van der Waals surface area contributed by atoms with Crippen molar-refractivity contribution >= 4 is 37.5 Å². The third-order valence-electron chi connectivity index (χ3n) is 7.07. The third kappa shape index (κ3) is 6.99. The van der Waals surface area contributed by atoms with E-state index in [1.165, 1.54) is 6.42 Å². The summed E-state index contributed by atoms with van der Waals surface area (Å²) in [6, 6.07) is 0. The first-order valence-electron chi connectivity index (χ1n) is 12.7. The molecule has 18 nitrogen and oxygen atoms in total. The lowest BCUT2D eigenvalue weighted by Gasteiger charge is -2.33. The van der Waals surface area contributed by atoms with E-state index < -0.39 is 57.3 Å². The van der Waals surface area contributed by atoms with Crippen molar-refractivity contribution in [1.82, 2.24) is 30.6 Å². The number of hydrazone groups is 1. The van der Waals surface area contributed by atoms with Gasteiger partial charge in [0.25, 0.3) is 0 Å². The van der Waals surface area contributed by atoms with Crippen molar-refractivity contribution < 1.29 is 43.9 Å². The zero-order valence-corrected chi connectivity index (χ0v) is 23.7. The third-order valence-corrected chi connectivity index (χ3v) is 8.70. The molecule has 1 saturated heterocycles. The zero-order chi connectivity index (χ0) is 29.8. The number of rotatable bonds is 15. The van der Waals surface area contributed by atoms with E-state index in [4.69, 9.17) is 25.8 Å². The SMILES string of the molecule is C=NN(c1nc(Cl)nc(NCC2CCC2)c1C)[C@@H]1O[C@H](CO[C@](CO)(COCc2nn[nH]n2)P(=O)(O)O)[C@@H](O)[C@H]1O. The standard InChI is InChI=1S/C21H33ClN9O9P/c1-11-17(24-6-12-4-3-5-12)25-20(22)26-18(11)31(23-2)19-16(34)15(33)13(40-19)7-39-21(9-32,41(35,36)37)10-38-8-14-27-29-30-28-14/h12-13,15-16,19,32-34H,2-10H2,1H3,(H,24,25,26)(H2,35,36,37)(H,27,28,29,30)/t13-,15-,16-,19-,21+/m1/s1. The van der Waals surface area contributed by atoms with Gasteiger partial charge in [-0.05, 0) is 37.3 Å². The lowest BCUT2D eigenvalue weighted by atomic mass is 9.85. The van der Waals surface area contributed by atoms with Crippen molar-refractivity contribution in [2.24, 2.45) is 11.0 Å². The van der Waals surface area contributed by atoms with Gasteiger partial charge >= 0.3 is 7.60 Å². The van der Waals surface area contributed by atoms with Gasteiger partial charge in [0.2, 0.25) is 10.6 Å². The summed E-state index contributed by atoms with van der Waals surface area (Å²) in [5.74, 6) is 1.24. The normalized spacial score (nSPS) is 24.6. The molecule has 0 spiro atoms. The fourth-order valence-corrected chi connectivity index (χ4v) is 5.18. The predicted octanol–water partition coefficient (Wildman–Crippen LogP) is -0.868. The average Bonchev–Trinajstić information content (AvgIpc) is 3.51. The van der Waals surface area contributed by atoms with Crippen LogP contribution in [0.4, 0.5) is 11.6 Å². The molecule has 1 aliphatic carbocycles. The number of halogens is 1. The van der Waals surface area contributed by atoms with Crippen LogP contribution >= 0.6 is 19.2 Å². The van der Waals surface area contributed by atoms with E-state index in [9.17, 15) is 29.7 Å². The number of tetrazole rings is 1. The van der Waals surface area contributed by atoms with Gasteiger partial charge in [-0.2, -0.15) is 15.3 Å². The second-order valence-electron chi connectivity index (χ2n) is 9.78. The van der Waals surface area contributed by atoms with Crippen molar-refractivity contribution in [3.8, 4) is 0 Å². The fourth-order valence-electron chi connectivity index (χ4n) is 4.32. The van der Waals surface area contributed by atoms with Crippen LogP contribution in [-0.2, 0) is 25.4 Å². The highest BCUT2D eigenvalue weighted by Crippen LogP contribution is 2.51. The summed E-state index contributed by atoms with van der Waals surface area (Å²) in [6.07, 6.45) is -2.41. The lowest BCUT2D eigenvalue weighted by Crippen LogP contribution is -2.45. The maximum absolute atomic E-state index is 12.3. The molecule has 0 radical (unpaired) electrons. The molecule has 2 aliphatic rings. The predicted molar refractivity (Wildman–Crippen MR) is 142 cm³/mol. The molecule has 228 valence electrons. The van der Waals surface area contributed by atoms with Gasteiger partial charge < -0.3 is 44.6 Å². The topological polar surface area (TPSA) is 254 Å². The summed E-state index contributed by atoms with van der Waals surface area (Å²) < 4.78 is 28.8. The van der Waals surface area contributed by atoms with Crippen molar-refractivity contribution in [1.29, 1.82) is 0 Å². The Morgan fingerprint density at radius 2 is 2.07 bits per heavy atom. The number of hydrogen-bond donors (Lipinski definition) is 7. The molecule has 0 amide bonds. The molecule has 0 unspecified atom stereocenters. The number of aromatic amines is 1. The Morgan fingerprint density at radius 3 is 2.66 bits per heavy atom. The first kappa shape index (κ1) is 31.6. The number of anilines is 2. The minimum Gasteiger partial charge on any atom is -0.393 e. The van der Waals surface area contributed by atoms with Gasteiger partial charge in [-0.25, -0.2) is 9.99 Å². The Hall–Kier alpha value is -2.38. The number of hydrogen-bond acceptors (Lipinski definition) is 15. The fraction of sp³-hybridized carbons (Fsp3) is 0.714. The van der Waals surface area contributed by atoms with E-state index in [2.05, 4.69) is 47.7 Å². The van der Waals surface area contributed by atoms with Crippen LogP contribution in [0.3, 0.4) is 0 Å². The molecule has 41 heavy (non-hydrogen) atoms. The van der Waals surface area contributed by atoms with E-state index >= 15 is 0 Å². The van der Waals surface area contributed by atoms with E-state index in [1.807, 2.05) is 0 Å². The minimum absolute atomic E-state index is 0.0986. The summed E-state index contributed by atoms with van der Waals surface area (Å²) in [7, 11) is -5.16. The molecular formula is C21H33ClN9O9P. The van der Waals surface area contributed by atoms with E-state index in [0.717, 1.165) is 17.9 Å². The van der Waals surface area contributed by atoms with Crippen molar-refractivity contribution in [3.05, 3.63) is 16.7 Å². The van der Waals surface area contributed by atoms with Crippen LogP contribution in [0, 0.1) is 12.8 Å². The summed E-state index contributed by atoms with van der Waals surface area (Å²) >= 11 is 6.17. The van der Waals surface area contributed by atoms with Crippen LogP contribution in [0.25, 0.3) is 0 Å². The summed E-state index contributed by atoms with van der Waals surface area (Å²) in [6.45, 7) is 3.08. The van der Waals surface area contributed by atoms with Crippen LogP contribution in [0.1, 0.15) is 30.7 Å². The molecule has 2 aromatic rings. The van der Waals surface area contributed by atoms with Gasteiger partial charge in [0.15, 0.2) is 17.9 Å². The van der Waals surface area contributed by atoms with Gasteiger partial charge in [-0.15, -0.1) is 10.2 Å². The molecule has 1 aliphatic heterocycles. The Bertz CT molecular complexity index is 1220. The quantitative estimate of drug-likeness (QED) is 0.0552. The smallest absolute Gasteiger partial charge is 0.361 e. The number of nitrogens with one attached hydrogen (secondary N) is 2. The largest absolute Gasteiger partial charge is 0.393 e. The number of aromatic nitrogens is 6. The molecule has 7 N–H and O–H groups in total. The highest BCUT2D eigenvalue weighted by Gasteiger charge is 2.52. The first-order valence-corrected chi connectivity index (χ1v) is 14.6. The highest BCUT2D eigenvalue weighted by atomic mass is 35.5. The van der Waals surface area contributed by atoms with Gasteiger partial charge in [-0.3, -0.25) is 4.57 Å². The van der Waals surface area contributed by atoms with E-state index in [1.54, 1.807) is 6.92 Å². The summed E-state index contributed by atoms with van der Waals surface area (Å²) in [4.78, 5) is 28.4. The molecule has 0 aromatic carbocycles. The van der Waals surface area contributed by atoms with Crippen LogP contribution in [-0.4, -0.2) is 119 Å². The highest BCUT2D eigenvalue weighted by molar-refractivity contribution is 7.53. The molecule has 5 atom stereocenters. The summed E-state index contributed by atoms with van der Waals surface area (Å²) in [5.41, 5.74) is 0.533. The molecule has 3 heterocycles. The summed E-state index contributed by atoms with van der Waals surface area (Å²) in [5, 5.41) is 50.0. The first-order chi connectivity index (χ1) is 19.5. The van der Waals surface area contributed by atoms with E-state index in [0.29, 0.717) is 23.8 Å². The van der Waals surface area contributed by atoms with Crippen molar-refractivity contribution in [2.75, 3.05) is 36.7 Å². The number of nitrogens with zero attached hydrogens (tertiary/aromatic N) is 7. The molecule has 4 rings (SSSR count). The van der Waals surface area contributed by atoms with Crippen LogP contribution in [0.15, 0.2) is 5.10 Å². The molecule has 0 bridgehead atoms. The van der Waals surface area contributed by atoms with Gasteiger partial charge in [0.1, 0.15) is 30.7 Å². The molecule has 1 saturated carbocycles.